The first-order valence-corrected chi connectivity index (χ1v) is 24.3. The van der Waals surface area contributed by atoms with Crippen LogP contribution in [0, 0.1) is 72.0 Å². The number of rotatable bonds is 16. The summed E-state index contributed by atoms with van der Waals surface area (Å²) in [6.07, 6.45) is 15.1. The molecule has 0 radical (unpaired) electrons. The van der Waals surface area contributed by atoms with Gasteiger partial charge >= 0.3 is 0 Å². The first-order valence-electron chi connectivity index (χ1n) is 24.3. The number of fused-ring (bicyclic) bond motifs is 5. The van der Waals surface area contributed by atoms with Gasteiger partial charge in [-0.1, -0.05) is 162 Å². The van der Waals surface area contributed by atoms with Crippen molar-refractivity contribution in [3.05, 3.63) is 142 Å². The maximum atomic E-state index is 10.7. The Kier molecular flexibility index (Phi) is 14.0. The fourth-order valence-electron chi connectivity index (χ4n) is 13.9. The van der Waals surface area contributed by atoms with Crippen LogP contribution in [0.25, 0.3) is 0 Å². The molecule has 4 aliphatic carbocycles. The highest BCUT2D eigenvalue weighted by molar-refractivity contribution is 5.33. The highest BCUT2D eigenvalue weighted by atomic mass is 17.2. The molecule has 4 aliphatic rings. The van der Waals surface area contributed by atoms with E-state index in [9.17, 15) is 5.26 Å². The summed E-state index contributed by atoms with van der Waals surface area (Å²) in [5, 5.41) is 10.7. The third-order valence-corrected chi connectivity index (χ3v) is 17.2. The summed E-state index contributed by atoms with van der Waals surface area (Å²) in [6, 6.07) is 35.3. The number of hydrogen-bond acceptors (Lipinski definition) is 4. The van der Waals surface area contributed by atoms with Crippen molar-refractivity contribution >= 4 is 0 Å². The molecule has 8 rings (SSSR count). The molecular weight excluding hydrogens is 749 g/mol. The molecule has 4 saturated carbocycles. The monoisotopic (exact) mass is 825 g/mol. The van der Waals surface area contributed by atoms with Gasteiger partial charge in [0.1, 0.15) is 12.7 Å². The second-order valence-electron chi connectivity index (χ2n) is 21.6. The summed E-state index contributed by atoms with van der Waals surface area (Å²) in [7, 11) is 0. The maximum absolute atomic E-state index is 10.7. The Morgan fingerprint density at radius 2 is 1.26 bits per heavy atom. The van der Waals surface area contributed by atoms with Gasteiger partial charge in [0.2, 0.25) is 0 Å². The van der Waals surface area contributed by atoms with Crippen molar-refractivity contribution in [1.82, 2.24) is 0 Å². The molecule has 11 unspecified atom stereocenters. The molecule has 4 aromatic rings. The minimum atomic E-state index is -0.375. The predicted molar refractivity (Wildman–Crippen MR) is 249 cm³/mol. The predicted octanol–water partition coefficient (Wildman–Crippen LogP) is 14.9. The molecule has 4 nitrogen and oxygen atoms in total. The molecular formula is C57H76O4. The van der Waals surface area contributed by atoms with Gasteiger partial charge in [-0.2, -0.15) is 0 Å². The van der Waals surface area contributed by atoms with Crippen LogP contribution >= 0.6 is 0 Å². The number of benzene rings is 4. The molecule has 0 spiro atoms. The molecule has 4 aromatic carbocycles. The van der Waals surface area contributed by atoms with Crippen molar-refractivity contribution < 1.29 is 19.9 Å². The molecule has 328 valence electrons. The van der Waals surface area contributed by atoms with E-state index in [0.29, 0.717) is 29.8 Å². The topological polar surface area (TPSA) is 47.9 Å². The number of hydrogen-bond donors (Lipinski definition) is 1. The third-order valence-electron chi connectivity index (χ3n) is 17.2. The van der Waals surface area contributed by atoms with E-state index in [-0.39, 0.29) is 23.5 Å². The lowest BCUT2D eigenvalue weighted by molar-refractivity contribution is -0.368. The first kappa shape index (κ1) is 44.3. The molecule has 11 atom stereocenters. The standard InChI is InChI=1S/C57H76O4/c1-38(2)11-8-12-41(5)50-25-26-51-49-36-54(61-59-37-46-15-9-13-44(33-46)31-42-21-17-39(3)18-22-42)53-35-48(27-29-57(53,7)52(49)28-30-56(50,51)6)55(60-58)47-16-10-14-45(34-47)32-43-23-19-40(4)20-24-43/h9-10,13-24,33-34,38,41,48-55,58H,8,11-12,25-32,35-37H2,1-7H3. The molecule has 61 heavy (non-hydrogen) atoms. The van der Waals surface area contributed by atoms with Crippen LogP contribution in [0.3, 0.4) is 0 Å². The molecule has 0 aliphatic heterocycles. The average Bonchev–Trinajstić information content (AvgIpc) is 3.61. The van der Waals surface area contributed by atoms with Gasteiger partial charge in [-0.05, 0) is 170 Å². The zero-order valence-electron chi connectivity index (χ0n) is 38.6. The summed E-state index contributed by atoms with van der Waals surface area (Å²) in [5.41, 5.74) is 10.5. The van der Waals surface area contributed by atoms with Gasteiger partial charge in [-0.25, -0.2) is 14.7 Å². The van der Waals surface area contributed by atoms with Crippen molar-refractivity contribution in [3.63, 3.8) is 0 Å². The fourth-order valence-corrected chi connectivity index (χ4v) is 13.9. The molecule has 0 amide bonds. The first-order chi connectivity index (χ1) is 29.4. The van der Waals surface area contributed by atoms with E-state index in [4.69, 9.17) is 14.7 Å². The van der Waals surface area contributed by atoms with E-state index in [2.05, 4.69) is 146 Å². The Balaban J connectivity index is 1.02. The van der Waals surface area contributed by atoms with Crippen molar-refractivity contribution in [2.75, 3.05) is 0 Å². The smallest absolute Gasteiger partial charge is 0.120 e. The van der Waals surface area contributed by atoms with Gasteiger partial charge in [0.15, 0.2) is 0 Å². The van der Waals surface area contributed by atoms with Crippen molar-refractivity contribution in [2.45, 2.75) is 151 Å². The van der Waals surface area contributed by atoms with Gasteiger partial charge in [0.25, 0.3) is 0 Å². The highest BCUT2D eigenvalue weighted by Gasteiger charge is 2.63. The van der Waals surface area contributed by atoms with Crippen LogP contribution in [-0.2, 0) is 34.1 Å². The van der Waals surface area contributed by atoms with Gasteiger partial charge in [0, 0.05) is 0 Å². The molecule has 0 saturated heterocycles. The largest absolute Gasteiger partial charge is 0.251 e. The average molecular weight is 825 g/mol. The summed E-state index contributed by atoms with van der Waals surface area (Å²) in [5.74, 6) is 5.00. The van der Waals surface area contributed by atoms with Crippen molar-refractivity contribution in [1.29, 1.82) is 0 Å². The molecule has 0 heterocycles. The summed E-state index contributed by atoms with van der Waals surface area (Å²) >= 11 is 0. The van der Waals surface area contributed by atoms with Gasteiger partial charge < -0.3 is 0 Å². The summed E-state index contributed by atoms with van der Waals surface area (Å²) in [6.45, 7) is 17.4. The van der Waals surface area contributed by atoms with E-state index in [1.54, 1.807) is 0 Å². The van der Waals surface area contributed by atoms with Crippen LogP contribution in [0.15, 0.2) is 97.1 Å². The molecule has 0 aromatic heterocycles. The van der Waals surface area contributed by atoms with Crippen LogP contribution < -0.4 is 0 Å². The van der Waals surface area contributed by atoms with Gasteiger partial charge in [-0.3, -0.25) is 5.26 Å². The second kappa shape index (κ2) is 19.2. The van der Waals surface area contributed by atoms with E-state index >= 15 is 0 Å². The Hall–Kier alpha value is -3.28. The zero-order chi connectivity index (χ0) is 42.7. The molecule has 4 fully saturated rings. The van der Waals surface area contributed by atoms with E-state index in [1.807, 2.05) is 0 Å². The number of aryl methyl sites for hydroxylation is 2. The lowest BCUT2D eigenvalue weighted by Crippen LogP contribution is -2.58. The lowest BCUT2D eigenvalue weighted by atomic mass is 9.43. The zero-order valence-corrected chi connectivity index (χ0v) is 38.6. The minimum absolute atomic E-state index is 0.00173. The van der Waals surface area contributed by atoms with E-state index in [1.165, 1.54) is 78.3 Å². The maximum Gasteiger partial charge on any atom is 0.120 e. The fraction of sp³-hybridized carbons (Fsp3) is 0.579. The van der Waals surface area contributed by atoms with Crippen LogP contribution in [0.5, 0.6) is 0 Å². The Labute approximate surface area is 369 Å². The molecule has 0 bridgehead atoms. The quantitative estimate of drug-likeness (QED) is 0.0903. The second-order valence-corrected chi connectivity index (χ2v) is 21.6. The Morgan fingerprint density at radius 1 is 0.639 bits per heavy atom. The minimum Gasteiger partial charge on any atom is -0.251 e. The van der Waals surface area contributed by atoms with Crippen molar-refractivity contribution in [2.24, 2.45) is 58.2 Å². The third kappa shape index (κ3) is 9.79. The summed E-state index contributed by atoms with van der Waals surface area (Å²) in [4.78, 5) is 18.8. The van der Waals surface area contributed by atoms with Crippen molar-refractivity contribution in [3.8, 4) is 0 Å². The summed E-state index contributed by atoms with van der Waals surface area (Å²) < 4.78 is 0. The molecule has 1 N–H and O–H groups in total. The normalized spacial score (nSPS) is 30.7. The van der Waals surface area contributed by atoms with Crippen LogP contribution in [0.2, 0.25) is 0 Å². The van der Waals surface area contributed by atoms with Crippen LogP contribution in [0.4, 0.5) is 0 Å². The van der Waals surface area contributed by atoms with E-state index < -0.39 is 0 Å². The van der Waals surface area contributed by atoms with Crippen LogP contribution in [0.1, 0.15) is 156 Å². The SMILES string of the molecule is Cc1ccc(Cc2cccc(COOC3CC4C5CCC(C(C)CCCC(C)C)C5(C)CCC4C4(C)CCC(C(OO)c5cccc(Cc6ccc(C)cc6)c5)CC34)c2)cc1. The Morgan fingerprint density at radius 3 is 1.93 bits per heavy atom. The lowest BCUT2D eigenvalue weighted by Gasteiger charge is -2.63. The van der Waals surface area contributed by atoms with Gasteiger partial charge in [-0.15, -0.1) is 0 Å². The highest BCUT2D eigenvalue weighted by Crippen LogP contribution is 2.69. The molecule has 4 heteroatoms. The van der Waals surface area contributed by atoms with E-state index in [0.717, 1.165) is 73.3 Å². The van der Waals surface area contributed by atoms with Gasteiger partial charge in [0.05, 0.1) is 6.10 Å². The Bertz CT molecular complexity index is 2020. The van der Waals surface area contributed by atoms with Crippen LogP contribution in [-0.4, -0.2) is 11.4 Å².